The van der Waals surface area contributed by atoms with Crippen LogP contribution in [0.15, 0.2) is 19.7 Å². The van der Waals surface area contributed by atoms with Crippen LogP contribution < -0.4 is 0 Å². The molecule has 0 fully saturated rings. The molecule has 0 radical (unpaired) electrons. The van der Waals surface area contributed by atoms with Gasteiger partial charge in [0.2, 0.25) is 0 Å². The van der Waals surface area contributed by atoms with E-state index in [0.717, 1.165) is 15.1 Å². The standard InChI is InChI=1S/C58H112Cl2S3/c1-4-7-10-13-16-19-22-25-28-31-34-37-40-43-46-49-52-61-57(62-53-50-47-44-41-38-35-32-29-26-23-20-17-14-11-8-5-2)55-56(59)58(60)63-54-51-48-45-42-39-36-33-30-27-24-21-18-15-12-9-6-3/h55H,4-54H2,1-3H3/b58-56-. The molecule has 0 N–H and O–H groups in total. The van der Waals surface area contributed by atoms with Gasteiger partial charge in [0, 0.05) is 4.24 Å². The Hall–Kier alpha value is 1.11. The van der Waals surface area contributed by atoms with E-state index in [-0.39, 0.29) is 0 Å². The lowest BCUT2D eigenvalue weighted by Crippen LogP contribution is -1.87. The summed E-state index contributed by atoms with van der Waals surface area (Å²) in [7, 11) is 0. The first-order valence-electron chi connectivity index (χ1n) is 28.8. The Labute approximate surface area is 421 Å². The minimum absolute atomic E-state index is 0.757. The molecule has 376 valence electrons. The Morgan fingerprint density at radius 1 is 0.254 bits per heavy atom. The summed E-state index contributed by atoms with van der Waals surface area (Å²) in [6.07, 6.45) is 70.4. The van der Waals surface area contributed by atoms with E-state index in [4.69, 9.17) is 23.2 Å². The van der Waals surface area contributed by atoms with E-state index in [1.807, 2.05) is 23.5 Å². The van der Waals surface area contributed by atoms with Gasteiger partial charge in [-0.05, 0) is 42.6 Å². The van der Waals surface area contributed by atoms with Gasteiger partial charge in [-0.25, -0.2) is 0 Å². The molecule has 0 aliphatic carbocycles. The number of thioether (sulfide) groups is 3. The Kier molecular flexibility index (Phi) is 58.4. The van der Waals surface area contributed by atoms with E-state index in [1.54, 1.807) is 11.8 Å². The molecule has 0 saturated heterocycles. The normalized spacial score (nSPS) is 12.1. The van der Waals surface area contributed by atoms with Crippen molar-refractivity contribution in [3.63, 3.8) is 0 Å². The molecule has 0 aliphatic rings. The van der Waals surface area contributed by atoms with Crippen molar-refractivity contribution in [2.45, 2.75) is 329 Å². The van der Waals surface area contributed by atoms with Crippen LogP contribution >= 0.6 is 58.5 Å². The van der Waals surface area contributed by atoms with Gasteiger partial charge < -0.3 is 0 Å². The van der Waals surface area contributed by atoms with Gasteiger partial charge in [-0.3, -0.25) is 0 Å². The first-order valence-corrected chi connectivity index (χ1v) is 32.5. The van der Waals surface area contributed by atoms with Crippen LogP contribution in [0.5, 0.6) is 0 Å². The summed E-state index contributed by atoms with van der Waals surface area (Å²) in [5, 5.41) is 0.757. The van der Waals surface area contributed by atoms with Crippen molar-refractivity contribution in [3.8, 4) is 0 Å². The molecule has 0 atom stereocenters. The van der Waals surface area contributed by atoms with Gasteiger partial charge in [-0.1, -0.05) is 333 Å². The van der Waals surface area contributed by atoms with Crippen LogP contribution in [-0.2, 0) is 0 Å². The highest BCUT2D eigenvalue weighted by Crippen LogP contribution is 2.36. The van der Waals surface area contributed by atoms with Crippen molar-refractivity contribution in [1.29, 1.82) is 0 Å². The Morgan fingerprint density at radius 2 is 0.429 bits per heavy atom. The Bertz CT molecular complexity index is 880. The molecule has 0 aliphatic heterocycles. The molecule has 0 spiro atoms. The van der Waals surface area contributed by atoms with Crippen molar-refractivity contribution in [2.75, 3.05) is 17.3 Å². The predicted octanol–water partition coefficient (Wildman–Crippen LogP) is 24.5. The maximum Gasteiger partial charge on any atom is 0.0922 e. The fourth-order valence-electron chi connectivity index (χ4n) is 8.81. The second-order valence-electron chi connectivity index (χ2n) is 19.5. The second-order valence-corrected chi connectivity index (χ2v) is 24.2. The van der Waals surface area contributed by atoms with Crippen molar-refractivity contribution >= 4 is 58.5 Å². The lowest BCUT2D eigenvalue weighted by atomic mass is 10.0. The lowest BCUT2D eigenvalue weighted by molar-refractivity contribution is 0.531. The Morgan fingerprint density at radius 3 is 0.635 bits per heavy atom. The van der Waals surface area contributed by atoms with Gasteiger partial charge in [-0.2, -0.15) is 0 Å². The van der Waals surface area contributed by atoms with Crippen molar-refractivity contribution in [2.24, 2.45) is 0 Å². The fraction of sp³-hybridized carbons (Fsp3) is 0.931. The minimum atomic E-state index is 0.757. The molecule has 0 unspecified atom stereocenters. The van der Waals surface area contributed by atoms with Crippen molar-refractivity contribution < 1.29 is 0 Å². The molecule has 63 heavy (non-hydrogen) atoms. The van der Waals surface area contributed by atoms with Crippen LogP contribution in [0, 0.1) is 0 Å². The largest absolute Gasteiger partial charge is 0.119 e. The molecular weight excluding hydrogens is 864 g/mol. The highest BCUT2D eigenvalue weighted by Gasteiger charge is 2.07. The van der Waals surface area contributed by atoms with E-state index >= 15 is 0 Å². The zero-order chi connectivity index (χ0) is 45.6. The van der Waals surface area contributed by atoms with Crippen LogP contribution in [0.2, 0.25) is 0 Å². The molecule has 0 heterocycles. The smallest absolute Gasteiger partial charge is 0.0922 e. The number of rotatable bonds is 55. The van der Waals surface area contributed by atoms with Crippen LogP contribution in [0.25, 0.3) is 0 Å². The quantitative estimate of drug-likeness (QED) is 0.0440. The van der Waals surface area contributed by atoms with Gasteiger partial charge in [-0.15, -0.1) is 35.3 Å². The summed E-state index contributed by atoms with van der Waals surface area (Å²) in [5.41, 5.74) is 0. The molecule has 0 amide bonds. The van der Waals surface area contributed by atoms with Gasteiger partial charge >= 0.3 is 0 Å². The van der Waals surface area contributed by atoms with Crippen molar-refractivity contribution in [1.82, 2.24) is 0 Å². The molecule has 0 aromatic heterocycles. The minimum Gasteiger partial charge on any atom is -0.119 e. The monoisotopic (exact) mass is 975 g/mol. The first kappa shape index (κ1) is 64.1. The summed E-state index contributed by atoms with van der Waals surface area (Å²) >= 11 is 19.5. The highest BCUT2D eigenvalue weighted by molar-refractivity contribution is 8.22. The van der Waals surface area contributed by atoms with Crippen LogP contribution in [-0.4, -0.2) is 17.3 Å². The molecule has 0 aromatic carbocycles. The van der Waals surface area contributed by atoms with Gasteiger partial charge in [0.1, 0.15) is 0 Å². The number of unbranched alkanes of at least 4 members (excludes halogenated alkanes) is 45. The maximum atomic E-state index is 6.89. The van der Waals surface area contributed by atoms with Crippen LogP contribution in [0.4, 0.5) is 0 Å². The summed E-state index contributed by atoms with van der Waals surface area (Å²) in [6.45, 7) is 6.93. The first-order chi connectivity index (χ1) is 31.2. The molecule has 0 saturated carbocycles. The average molecular weight is 977 g/mol. The molecule has 0 bridgehead atoms. The van der Waals surface area contributed by atoms with E-state index < -0.39 is 0 Å². The summed E-state index contributed by atoms with van der Waals surface area (Å²) in [5.74, 6) is 3.48. The SMILES string of the molecule is CCCCCCCCCCCCCCCCCCSC(=C/C(Cl)=C(\Cl)SCCCCCCCCCCCCCCCCCC)SCCCCCCCCCCCCCCCCCC. The third-order valence-electron chi connectivity index (χ3n) is 13.1. The number of allylic oxidation sites excluding steroid dienone is 2. The maximum absolute atomic E-state index is 6.89. The second kappa shape index (κ2) is 57.4. The third kappa shape index (κ3) is 53.9. The molecule has 0 rings (SSSR count). The fourth-order valence-corrected chi connectivity index (χ4v) is 12.6. The zero-order valence-corrected chi connectivity index (χ0v) is 47.1. The molecular formula is C58H112Cl2S3. The van der Waals surface area contributed by atoms with E-state index in [1.165, 1.54) is 324 Å². The van der Waals surface area contributed by atoms with E-state index in [2.05, 4.69) is 26.8 Å². The number of hydrogen-bond acceptors (Lipinski definition) is 3. The Balaban J connectivity index is 4.31. The van der Waals surface area contributed by atoms with Crippen molar-refractivity contribution in [3.05, 3.63) is 19.7 Å². The third-order valence-corrected chi connectivity index (χ3v) is 17.6. The van der Waals surface area contributed by atoms with Gasteiger partial charge in [0.25, 0.3) is 0 Å². The topological polar surface area (TPSA) is 0 Å². The van der Waals surface area contributed by atoms with E-state index in [0.29, 0.717) is 0 Å². The molecule has 5 heteroatoms. The summed E-state index contributed by atoms with van der Waals surface area (Å²) in [6, 6.07) is 0. The number of halogens is 2. The molecule has 0 nitrogen and oxygen atoms in total. The lowest BCUT2D eigenvalue weighted by Gasteiger charge is -2.09. The summed E-state index contributed by atoms with van der Waals surface area (Å²) in [4.78, 5) is 0. The number of hydrogen-bond donors (Lipinski definition) is 0. The van der Waals surface area contributed by atoms with Gasteiger partial charge in [0.05, 0.1) is 9.40 Å². The highest BCUT2D eigenvalue weighted by atomic mass is 35.5. The average Bonchev–Trinajstić information content (AvgIpc) is 3.29. The van der Waals surface area contributed by atoms with Gasteiger partial charge in [0.15, 0.2) is 0 Å². The zero-order valence-electron chi connectivity index (χ0n) is 43.1. The van der Waals surface area contributed by atoms with Crippen LogP contribution in [0.1, 0.15) is 329 Å². The predicted molar refractivity (Wildman–Crippen MR) is 303 cm³/mol. The molecule has 0 aromatic rings. The van der Waals surface area contributed by atoms with Crippen LogP contribution in [0.3, 0.4) is 0 Å². The van der Waals surface area contributed by atoms with E-state index in [9.17, 15) is 0 Å². The summed E-state index contributed by atoms with van der Waals surface area (Å²) < 4.78 is 2.17.